The molecule has 0 aliphatic rings. The van der Waals surface area contributed by atoms with Gasteiger partial charge >= 0.3 is 5.97 Å². The molecule has 7 heteroatoms. The zero-order chi connectivity index (χ0) is 18.8. The molecule has 1 amide bonds. The maximum absolute atomic E-state index is 12.9. The first-order valence-electron chi connectivity index (χ1n) is 8.24. The number of carboxylic acids is 1. The number of nitrogens with zero attached hydrogens (tertiary/aromatic N) is 2. The molecular formula is C19H19N3O4. The molecule has 0 aliphatic carbocycles. The quantitative estimate of drug-likeness (QED) is 0.727. The number of para-hydroxylation sites is 1. The number of anilines is 1. The molecule has 0 saturated heterocycles. The molecule has 0 bridgehead atoms. The summed E-state index contributed by atoms with van der Waals surface area (Å²) in [4.78, 5) is 28.3. The van der Waals surface area contributed by atoms with E-state index >= 15 is 0 Å². The van der Waals surface area contributed by atoms with Crippen LogP contribution >= 0.6 is 0 Å². The number of aliphatic carboxylic acids is 1. The minimum atomic E-state index is -0.963. The Morgan fingerprint density at radius 2 is 2.00 bits per heavy atom. The fourth-order valence-electron chi connectivity index (χ4n) is 2.82. The van der Waals surface area contributed by atoms with Crippen molar-refractivity contribution in [3.8, 4) is 0 Å². The molecular weight excluding hydrogens is 334 g/mol. The summed E-state index contributed by atoms with van der Waals surface area (Å²) in [7, 11) is 0. The standard InChI is InChI=1S/C19H19N3O4/c1-10(2)17-16-13(8-11(3)20-19(16)26-22-17)18(25)21-14-7-5-4-6-12(14)9-15(23)24/h4-8,10H,9H2,1-3H3,(H,21,25)(H,23,24). The Morgan fingerprint density at radius 3 is 2.69 bits per heavy atom. The third-order valence-corrected chi connectivity index (χ3v) is 4.00. The van der Waals surface area contributed by atoms with Gasteiger partial charge in [-0.3, -0.25) is 9.59 Å². The summed E-state index contributed by atoms with van der Waals surface area (Å²) >= 11 is 0. The lowest BCUT2D eigenvalue weighted by molar-refractivity contribution is -0.136. The minimum absolute atomic E-state index is 0.0617. The average Bonchev–Trinajstić information content (AvgIpc) is 2.99. The summed E-state index contributed by atoms with van der Waals surface area (Å²) in [6.07, 6.45) is -0.175. The van der Waals surface area contributed by atoms with Gasteiger partial charge in [0.25, 0.3) is 11.6 Å². The molecule has 0 atom stereocenters. The molecule has 7 nitrogen and oxygen atoms in total. The third kappa shape index (κ3) is 3.42. The molecule has 1 aromatic carbocycles. The van der Waals surface area contributed by atoms with Gasteiger partial charge in [0.1, 0.15) is 0 Å². The molecule has 0 aliphatic heterocycles. The number of carbonyl (C=O) groups is 2. The molecule has 2 N–H and O–H groups in total. The number of hydrogen-bond acceptors (Lipinski definition) is 5. The molecule has 2 aromatic heterocycles. The van der Waals surface area contributed by atoms with Gasteiger partial charge in [0.05, 0.1) is 23.1 Å². The molecule has 134 valence electrons. The van der Waals surface area contributed by atoms with E-state index in [0.29, 0.717) is 39.3 Å². The van der Waals surface area contributed by atoms with Gasteiger partial charge in [0, 0.05) is 11.4 Å². The molecule has 2 heterocycles. The van der Waals surface area contributed by atoms with Crippen LogP contribution in [0.1, 0.15) is 47.1 Å². The second-order valence-corrected chi connectivity index (χ2v) is 6.40. The van der Waals surface area contributed by atoms with Crippen molar-refractivity contribution < 1.29 is 19.2 Å². The van der Waals surface area contributed by atoms with E-state index in [4.69, 9.17) is 9.63 Å². The Morgan fingerprint density at radius 1 is 1.27 bits per heavy atom. The highest BCUT2D eigenvalue weighted by molar-refractivity contribution is 6.12. The average molecular weight is 353 g/mol. The molecule has 3 rings (SSSR count). The summed E-state index contributed by atoms with van der Waals surface area (Å²) < 4.78 is 5.29. The number of rotatable bonds is 5. The van der Waals surface area contributed by atoms with Crippen molar-refractivity contribution in [2.45, 2.75) is 33.1 Å². The summed E-state index contributed by atoms with van der Waals surface area (Å²) in [5, 5.41) is 16.5. The van der Waals surface area contributed by atoms with Crippen LogP contribution < -0.4 is 5.32 Å². The van der Waals surface area contributed by atoms with Gasteiger partial charge < -0.3 is 14.9 Å². The second kappa shape index (κ2) is 6.95. The maximum atomic E-state index is 12.9. The van der Waals surface area contributed by atoms with E-state index in [-0.39, 0.29) is 18.2 Å². The molecule has 26 heavy (non-hydrogen) atoms. The fraction of sp³-hybridized carbons (Fsp3) is 0.263. The van der Waals surface area contributed by atoms with Crippen LogP contribution in [-0.4, -0.2) is 27.1 Å². The number of nitrogens with one attached hydrogen (secondary N) is 1. The van der Waals surface area contributed by atoms with Crippen LogP contribution in [0.3, 0.4) is 0 Å². The number of benzene rings is 1. The van der Waals surface area contributed by atoms with Crippen molar-refractivity contribution in [1.82, 2.24) is 10.1 Å². The number of carboxylic acid groups (broad SMARTS) is 1. The van der Waals surface area contributed by atoms with Gasteiger partial charge in [-0.15, -0.1) is 0 Å². The molecule has 0 saturated carbocycles. The molecule has 3 aromatic rings. The highest BCUT2D eigenvalue weighted by Crippen LogP contribution is 2.28. The monoisotopic (exact) mass is 353 g/mol. The zero-order valence-electron chi connectivity index (χ0n) is 14.7. The fourth-order valence-corrected chi connectivity index (χ4v) is 2.82. The van der Waals surface area contributed by atoms with E-state index in [2.05, 4.69) is 15.5 Å². The number of hydrogen-bond donors (Lipinski definition) is 2. The summed E-state index contributed by atoms with van der Waals surface area (Å²) in [5.41, 5.74) is 3.01. The second-order valence-electron chi connectivity index (χ2n) is 6.40. The van der Waals surface area contributed by atoms with Crippen molar-refractivity contribution in [2.24, 2.45) is 0 Å². The Bertz CT molecular complexity index is 992. The van der Waals surface area contributed by atoms with Crippen molar-refractivity contribution in [2.75, 3.05) is 5.32 Å². The summed E-state index contributed by atoms with van der Waals surface area (Å²) in [6, 6.07) is 8.52. The van der Waals surface area contributed by atoms with Crippen LogP contribution in [0.15, 0.2) is 34.9 Å². The van der Waals surface area contributed by atoms with Crippen LogP contribution in [0, 0.1) is 6.92 Å². The lowest BCUT2D eigenvalue weighted by atomic mass is 10.0. The van der Waals surface area contributed by atoms with Crippen LogP contribution in [0.5, 0.6) is 0 Å². The van der Waals surface area contributed by atoms with Gasteiger partial charge in [-0.05, 0) is 30.5 Å². The van der Waals surface area contributed by atoms with E-state index < -0.39 is 5.97 Å². The molecule has 0 unspecified atom stereocenters. The normalized spacial score (nSPS) is 11.1. The number of carbonyl (C=O) groups excluding carboxylic acids is 1. The molecule has 0 radical (unpaired) electrons. The third-order valence-electron chi connectivity index (χ3n) is 4.00. The zero-order valence-corrected chi connectivity index (χ0v) is 14.7. The lowest BCUT2D eigenvalue weighted by Crippen LogP contribution is -2.15. The van der Waals surface area contributed by atoms with Crippen molar-refractivity contribution >= 4 is 28.7 Å². The highest BCUT2D eigenvalue weighted by Gasteiger charge is 2.22. The summed E-state index contributed by atoms with van der Waals surface area (Å²) in [5.74, 6) is -1.26. The highest BCUT2D eigenvalue weighted by atomic mass is 16.5. The predicted molar refractivity (Wildman–Crippen MR) is 96.4 cm³/mol. The van der Waals surface area contributed by atoms with Crippen LogP contribution in [0.2, 0.25) is 0 Å². The van der Waals surface area contributed by atoms with Gasteiger partial charge in [-0.1, -0.05) is 37.2 Å². The first-order valence-corrected chi connectivity index (χ1v) is 8.24. The Labute approximate surface area is 150 Å². The van der Waals surface area contributed by atoms with Crippen LogP contribution in [0.4, 0.5) is 5.69 Å². The topological polar surface area (TPSA) is 105 Å². The van der Waals surface area contributed by atoms with Crippen molar-refractivity contribution in [1.29, 1.82) is 0 Å². The van der Waals surface area contributed by atoms with Gasteiger partial charge in [-0.25, -0.2) is 4.98 Å². The largest absolute Gasteiger partial charge is 0.481 e. The van der Waals surface area contributed by atoms with Crippen molar-refractivity contribution in [3.63, 3.8) is 0 Å². The van der Waals surface area contributed by atoms with E-state index in [0.717, 1.165) is 0 Å². The van der Waals surface area contributed by atoms with Crippen LogP contribution in [-0.2, 0) is 11.2 Å². The first kappa shape index (κ1) is 17.6. The molecule has 0 spiro atoms. The first-order chi connectivity index (χ1) is 12.4. The lowest BCUT2D eigenvalue weighted by Gasteiger charge is -2.11. The van der Waals surface area contributed by atoms with Crippen molar-refractivity contribution in [3.05, 3.63) is 52.8 Å². The minimum Gasteiger partial charge on any atom is -0.481 e. The number of amides is 1. The smallest absolute Gasteiger partial charge is 0.307 e. The van der Waals surface area contributed by atoms with E-state index in [9.17, 15) is 9.59 Å². The SMILES string of the molecule is Cc1cc(C(=O)Nc2ccccc2CC(=O)O)c2c(C(C)C)noc2n1. The molecule has 0 fully saturated rings. The van der Waals surface area contributed by atoms with E-state index in [1.165, 1.54) is 0 Å². The number of aryl methyl sites for hydroxylation is 1. The Hall–Kier alpha value is -3.22. The maximum Gasteiger partial charge on any atom is 0.307 e. The van der Waals surface area contributed by atoms with Gasteiger partial charge in [0.15, 0.2) is 0 Å². The van der Waals surface area contributed by atoms with E-state index in [1.807, 2.05) is 13.8 Å². The number of pyridine rings is 1. The predicted octanol–water partition coefficient (Wildman–Crippen LogP) is 3.53. The van der Waals surface area contributed by atoms with Gasteiger partial charge in [0.2, 0.25) is 0 Å². The van der Waals surface area contributed by atoms with Gasteiger partial charge in [-0.2, -0.15) is 0 Å². The van der Waals surface area contributed by atoms with Crippen LogP contribution in [0.25, 0.3) is 11.1 Å². The Kier molecular flexibility index (Phi) is 4.71. The number of fused-ring (bicyclic) bond motifs is 1. The summed E-state index contributed by atoms with van der Waals surface area (Å²) in [6.45, 7) is 5.69. The number of aromatic nitrogens is 2. The Balaban J connectivity index is 2.04. The van der Waals surface area contributed by atoms with E-state index in [1.54, 1.807) is 37.3 Å².